The SMILES string of the molecule is Nc1ncnc2c1ncn2[C@@H]1O[C@]2(C[C@@H](O)C2)[C@@H](O)[C@H]1O. The van der Waals surface area contributed by atoms with Gasteiger partial charge in [-0.1, -0.05) is 0 Å². The van der Waals surface area contributed by atoms with Crippen molar-refractivity contribution in [2.45, 2.75) is 43.0 Å². The minimum absolute atomic E-state index is 0.237. The van der Waals surface area contributed by atoms with Gasteiger partial charge in [-0.2, -0.15) is 0 Å². The first-order valence-electron chi connectivity index (χ1n) is 6.67. The number of aliphatic hydroxyl groups is 3. The Morgan fingerprint density at radius 2 is 2.00 bits per heavy atom. The lowest BCUT2D eigenvalue weighted by molar-refractivity contribution is -0.188. The maximum absolute atomic E-state index is 10.3. The number of imidazole rings is 1. The number of aliphatic hydroxyl groups excluding tert-OH is 3. The molecular weight excluding hydrogens is 278 g/mol. The van der Waals surface area contributed by atoms with Gasteiger partial charge in [0.25, 0.3) is 0 Å². The Balaban J connectivity index is 1.74. The highest BCUT2D eigenvalue weighted by atomic mass is 16.6. The molecule has 1 aliphatic heterocycles. The topological polar surface area (TPSA) is 140 Å². The van der Waals surface area contributed by atoms with Crippen LogP contribution in [0.2, 0.25) is 0 Å². The molecule has 0 bridgehead atoms. The molecule has 9 heteroatoms. The molecule has 0 unspecified atom stereocenters. The van der Waals surface area contributed by atoms with Gasteiger partial charge in [0.2, 0.25) is 0 Å². The number of nitrogens with two attached hydrogens (primary N) is 1. The van der Waals surface area contributed by atoms with Gasteiger partial charge in [0.15, 0.2) is 17.7 Å². The van der Waals surface area contributed by atoms with E-state index in [9.17, 15) is 15.3 Å². The molecule has 21 heavy (non-hydrogen) atoms. The number of hydrogen-bond donors (Lipinski definition) is 4. The smallest absolute Gasteiger partial charge is 0.167 e. The van der Waals surface area contributed by atoms with Crippen LogP contribution in [0.25, 0.3) is 11.2 Å². The van der Waals surface area contributed by atoms with Crippen LogP contribution in [-0.2, 0) is 4.74 Å². The summed E-state index contributed by atoms with van der Waals surface area (Å²) in [7, 11) is 0. The molecule has 0 aromatic carbocycles. The predicted octanol–water partition coefficient (Wildman–Crippen LogP) is -1.45. The molecule has 3 atom stereocenters. The first-order valence-corrected chi connectivity index (χ1v) is 6.67. The van der Waals surface area contributed by atoms with Crippen molar-refractivity contribution < 1.29 is 20.1 Å². The lowest BCUT2D eigenvalue weighted by Gasteiger charge is -2.43. The van der Waals surface area contributed by atoms with Crippen LogP contribution < -0.4 is 5.73 Å². The summed E-state index contributed by atoms with van der Waals surface area (Å²) in [5.41, 5.74) is 5.66. The van der Waals surface area contributed by atoms with Crippen molar-refractivity contribution in [3.8, 4) is 0 Å². The summed E-state index contributed by atoms with van der Waals surface area (Å²) in [6.45, 7) is 0. The Morgan fingerprint density at radius 3 is 2.71 bits per heavy atom. The third kappa shape index (κ3) is 1.62. The van der Waals surface area contributed by atoms with Crippen molar-refractivity contribution >= 4 is 17.0 Å². The lowest BCUT2D eigenvalue weighted by Crippen LogP contribution is -2.55. The van der Waals surface area contributed by atoms with Crippen LogP contribution in [0, 0.1) is 0 Å². The van der Waals surface area contributed by atoms with Crippen LogP contribution in [0.5, 0.6) is 0 Å². The fraction of sp³-hybridized carbons (Fsp3) is 0.583. The fourth-order valence-electron chi connectivity index (χ4n) is 3.20. The summed E-state index contributed by atoms with van der Waals surface area (Å²) in [4.78, 5) is 12.1. The molecule has 1 saturated heterocycles. The largest absolute Gasteiger partial charge is 0.393 e. The van der Waals surface area contributed by atoms with Gasteiger partial charge in [-0.05, 0) is 0 Å². The number of nitrogens with zero attached hydrogens (tertiary/aromatic N) is 4. The van der Waals surface area contributed by atoms with Gasteiger partial charge in [-0.25, -0.2) is 15.0 Å². The first kappa shape index (κ1) is 12.9. The zero-order valence-corrected chi connectivity index (χ0v) is 11.0. The highest BCUT2D eigenvalue weighted by Crippen LogP contribution is 2.49. The minimum atomic E-state index is -1.13. The molecule has 2 aromatic heterocycles. The number of rotatable bonds is 1. The Hall–Kier alpha value is -1.81. The molecule has 0 amide bonds. The van der Waals surface area contributed by atoms with E-state index >= 15 is 0 Å². The van der Waals surface area contributed by atoms with Crippen LogP contribution in [0.4, 0.5) is 5.82 Å². The highest BCUT2D eigenvalue weighted by molar-refractivity contribution is 5.81. The number of hydrogen-bond acceptors (Lipinski definition) is 8. The van der Waals surface area contributed by atoms with Crippen LogP contribution in [-0.4, -0.2) is 58.8 Å². The summed E-state index contributed by atoms with van der Waals surface area (Å²) in [6.07, 6.45) is -0.193. The highest BCUT2D eigenvalue weighted by Gasteiger charge is 2.61. The van der Waals surface area contributed by atoms with Crippen LogP contribution >= 0.6 is 0 Å². The van der Waals surface area contributed by atoms with Crippen molar-refractivity contribution in [3.05, 3.63) is 12.7 Å². The van der Waals surface area contributed by atoms with Gasteiger partial charge in [0, 0.05) is 12.8 Å². The van der Waals surface area contributed by atoms with Gasteiger partial charge in [-0.3, -0.25) is 4.57 Å². The molecule has 3 heterocycles. The molecule has 2 aliphatic rings. The van der Waals surface area contributed by atoms with Crippen molar-refractivity contribution in [2.24, 2.45) is 0 Å². The zero-order valence-electron chi connectivity index (χ0n) is 11.0. The van der Waals surface area contributed by atoms with Gasteiger partial charge >= 0.3 is 0 Å². The molecule has 9 nitrogen and oxygen atoms in total. The number of anilines is 1. The Morgan fingerprint density at radius 1 is 1.24 bits per heavy atom. The third-order valence-corrected chi connectivity index (χ3v) is 4.33. The lowest BCUT2D eigenvalue weighted by atomic mass is 9.73. The van der Waals surface area contributed by atoms with Crippen molar-refractivity contribution in [1.29, 1.82) is 0 Å². The Bertz CT molecular complexity index is 698. The van der Waals surface area contributed by atoms with E-state index in [1.54, 1.807) is 0 Å². The number of aromatic nitrogens is 4. The number of nitrogen functional groups attached to an aromatic ring is 1. The summed E-state index contributed by atoms with van der Waals surface area (Å²) >= 11 is 0. The average Bonchev–Trinajstić information content (AvgIpc) is 2.95. The molecule has 112 valence electrons. The van der Waals surface area contributed by atoms with Gasteiger partial charge in [-0.15, -0.1) is 0 Å². The zero-order chi connectivity index (χ0) is 14.8. The molecular formula is C12H15N5O4. The van der Waals surface area contributed by atoms with E-state index in [0.29, 0.717) is 24.0 Å². The molecule has 4 rings (SSSR count). The summed E-state index contributed by atoms with van der Waals surface area (Å²) < 4.78 is 7.36. The monoisotopic (exact) mass is 293 g/mol. The van der Waals surface area contributed by atoms with Gasteiger partial charge in [0.1, 0.15) is 29.7 Å². The quantitative estimate of drug-likeness (QED) is 0.501. The van der Waals surface area contributed by atoms with Gasteiger partial charge in [0.05, 0.1) is 12.4 Å². The second kappa shape index (κ2) is 4.10. The van der Waals surface area contributed by atoms with E-state index in [2.05, 4.69) is 15.0 Å². The van der Waals surface area contributed by atoms with E-state index in [1.807, 2.05) is 0 Å². The molecule has 1 aliphatic carbocycles. The van der Waals surface area contributed by atoms with E-state index in [4.69, 9.17) is 10.5 Å². The maximum atomic E-state index is 10.3. The summed E-state index contributed by atoms with van der Waals surface area (Å²) in [6, 6.07) is 0. The maximum Gasteiger partial charge on any atom is 0.167 e. The van der Waals surface area contributed by atoms with Crippen molar-refractivity contribution in [1.82, 2.24) is 19.5 Å². The minimum Gasteiger partial charge on any atom is -0.393 e. The van der Waals surface area contributed by atoms with E-state index in [-0.39, 0.29) is 5.82 Å². The summed E-state index contributed by atoms with van der Waals surface area (Å²) in [5, 5.41) is 29.9. The third-order valence-electron chi connectivity index (χ3n) is 4.33. The first-order chi connectivity index (χ1) is 10.0. The Labute approximate surface area is 119 Å². The average molecular weight is 293 g/mol. The van der Waals surface area contributed by atoms with Crippen LogP contribution in [0.3, 0.4) is 0 Å². The van der Waals surface area contributed by atoms with Crippen molar-refractivity contribution in [3.63, 3.8) is 0 Å². The second-order valence-corrected chi connectivity index (χ2v) is 5.65. The van der Waals surface area contributed by atoms with Gasteiger partial charge < -0.3 is 25.8 Å². The van der Waals surface area contributed by atoms with Crippen LogP contribution in [0.15, 0.2) is 12.7 Å². The standard InChI is InChI=1S/C12H15N5O4/c13-9-6-10(15-3-14-9)17(4-16-6)11-7(19)8(20)12(21-11)1-5(18)2-12/h3-5,7-8,11,18-20H,1-2H2,(H2,13,14,15)/t5-,7-,8+,11-,12+/m1/s1. The fourth-order valence-corrected chi connectivity index (χ4v) is 3.20. The molecule has 2 aromatic rings. The summed E-state index contributed by atoms with van der Waals surface area (Å²) in [5.74, 6) is 0.237. The van der Waals surface area contributed by atoms with E-state index in [1.165, 1.54) is 17.2 Å². The number of fused-ring (bicyclic) bond motifs is 1. The molecule has 1 spiro atoms. The van der Waals surface area contributed by atoms with Crippen LogP contribution in [0.1, 0.15) is 19.1 Å². The number of ether oxygens (including phenoxy) is 1. The molecule has 0 radical (unpaired) electrons. The normalized spacial score (nSPS) is 39.0. The predicted molar refractivity (Wildman–Crippen MR) is 69.8 cm³/mol. The van der Waals surface area contributed by atoms with Crippen molar-refractivity contribution in [2.75, 3.05) is 5.73 Å². The second-order valence-electron chi connectivity index (χ2n) is 5.65. The molecule has 1 saturated carbocycles. The van der Waals surface area contributed by atoms with E-state index < -0.39 is 30.1 Å². The molecule has 2 fully saturated rings. The Kier molecular flexibility index (Phi) is 2.52. The molecule has 5 N–H and O–H groups in total. The van der Waals surface area contributed by atoms with E-state index in [0.717, 1.165) is 0 Å².